The highest BCUT2D eigenvalue weighted by Crippen LogP contribution is 2.24. The summed E-state index contributed by atoms with van der Waals surface area (Å²) in [5.41, 5.74) is 4.21. The average Bonchev–Trinajstić information content (AvgIpc) is 3.51. The minimum absolute atomic E-state index is 0.200. The van der Waals surface area contributed by atoms with Gasteiger partial charge in [-0.15, -0.1) is 0 Å². The summed E-state index contributed by atoms with van der Waals surface area (Å²) in [5, 5.41) is 22.4. The van der Waals surface area contributed by atoms with Gasteiger partial charge in [0.2, 0.25) is 0 Å². The number of carbonyl (C=O) groups is 1. The second kappa shape index (κ2) is 10.6. The molecule has 184 valence electrons. The van der Waals surface area contributed by atoms with Crippen LogP contribution in [0.5, 0.6) is 0 Å². The first-order valence-corrected chi connectivity index (χ1v) is 12.3. The molecule has 8 heteroatoms. The summed E-state index contributed by atoms with van der Waals surface area (Å²) >= 11 is 0. The van der Waals surface area contributed by atoms with E-state index in [4.69, 9.17) is 5.41 Å². The molecule has 36 heavy (non-hydrogen) atoms. The van der Waals surface area contributed by atoms with Gasteiger partial charge in [-0.25, -0.2) is 0 Å². The molecule has 0 aliphatic carbocycles. The number of hydrogen-bond donors (Lipinski definition) is 4. The fourth-order valence-electron chi connectivity index (χ4n) is 4.59. The molecule has 8 nitrogen and oxygen atoms in total. The number of amidine groups is 1. The van der Waals surface area contributed by atoms with Crippen molar-refractivity contribution in [3.8, 4) is 11.3 Å². The summed E-state index contributed by atoms with van der Waals surface area (Å²) in [6.07, 6.45) is 3.95. The highest BCUT2D eigenvalue weighted by Gasteiger charge is 2.39. The lowest BCUT2D eigenvalue weighted by Gasteiger charge is -2.27. The monoisotopic (exact) mass is 481 g/mol. The Morgan fingerprint density at radius 1 is 1.08 bits per heavy atom. The van der Waals surface area contributed by atoms with Gasteiger partial charge in [0.25, 0.3) is 5.91 Å². The molecule has 1 unspecified atom stereocenters. The molecular weight excluding hydrogens is 450 g/mol. The number of nitrogens with one attached hydrogen (secondary N) is 4. The van der Waals surface area contributed by atoms with Crippen LogP contribution in [-0.2, 0) is 11.3 Å². The molecular formula is C28H31N7O. The number of hydrazine groups is 1. The van der Waals surface area contributed by atoms with Crippen LogP contribution in [0.1, 0.15) is 18.4 Å². The van der Waals surface area contributed by atoms with Gasteiger partial charge in [-0.2, -0.15) is 0 Å². The number of anilines is 1. The maximum Gasteiger partial charge on any atom is 0.279 e. The zero-order valence-corrected chi connectivity index (χ0v) is 20.4. The number of pyridine rings is 1. The number of nitrogens with zero attached hydrogens (tertiary/aromatic N) is 3. The van der Waals surface area contributed by atoms with Crippen LogP contribution in [0.15, 0.2) is 90.4 Å². The fraction of sp³-hybridized carbons (Fsp3) is 0.250. The van der Waals surface area contributed by atoms with Crippen LogP contribution < -0.4 is 16.0 Å². The van der Waals surface area contributed by atoms with E-state index in [-0.39, 0.29) is 17.8 Å². The summed E-state index contributed by atoms with van der Waals surface area (Å²) in [6, 6.07) is 24.0. The third-order valence-corrected chi connectivity index (χ3v) is 6.60. The van der Waals surface area contributed by atoms with Crippen molar-refractivity contribution >= 4 is 17.4 Å². The molecule has 1 atom stereocenters. The van der Waals surface area contributed by atoms with Crippen LogP contribution in [-0.4, -0.2) is 52.9 Å². The van der Waals surface area contributed by atoms with Crippen LogP contribution in [0, 0.1) is 5.41 Å². The van der Waals surface area contributed by atoms with E-state index in [1.54, 1.807) is 23.3 Å². The Balaban J connectivity index is 1.38. The SMILES string of the molecule is CN1C(=O)/C(=C(/NCc2ccc(-c3ccccn3)cc2)Nc2ccccc2)C(=N)N1CC1CCCN1. The lowest BCUT2D eigenvalue weighted by atomic mass is 10.1. The van der Waals surface area contributed by atoms with Gasteiger partial charge in [-0.3, -0.25) is 25.2 Å². The van der Waals surface area contributed by atoms with Gasteiger partial charge in [-0.1, -0.05) is 48.5 Å². The first-order chi connectivity index (χ1) is 17.6. The molecule has 3 heterocycles. The molecule has 1 amide bonds. The molecule has 2 aromatic carbocycles. The second-order valence-corrected chi connectivity index (χ2v) is 9.06. The van der Waals surface area contributed by atoms with Gasteiger partial charge in [0.05, 0.1) is 12.2 Å². The van der Waals surface area contributed by atoms with Crippen molar-refractivity contribution in [1.29, 1.82) is 5.41 Å². The standard InChI is InChI=1S/C28H31N7O/c1-34-28(36)25(26(29)35(34)19-23-10-7-17-30-23)27(33-22-8-3-2-4-9-22)32-18-20-12-14-21(15-13-20)24-11-5-6-16-31-24/h2-6,8-9,11-16,23,29-30,32-33H,7,10,17-19H2,1H3/b27-25-,29-26?. The average molecular weight is 482 g/mol. The molecule has 1 aromatic heterocycles. The van der Waals surface area contributed by atoms with Crippen molar-refractivity contribution in [3.63, 3.8) is 0 Å². The maximum absolute atomic E-state index is 13.3. The van der Waals surface area contributed by atoms with Crippen LogP contribution in [0.2, 0.25) is 0 Å². The molecule has 0 bridgehead atoms. The molecule has 2 aliphatic heterocycles. The molecule has 0 saturated carbocycles. The minimum atomic E-state index is -0.200. The number of carbonyl (C=O) groups excluding carboxylic acids is 1. The summed E-state index contributed by atoms with van der Waals surface area (Å²) in [4.78, 5) is 17.7. The predicted molar refractivity (Wildman–Crippen MR) is 142 cm³/mol. The van der Waals surface area contributed by atoms with Crippen molar-refractivity contribution in [2.24, 2.45) is 0 Å². The number of benzene rings is 2. The number of para-hydroxylation sites is 1. The quantitative estimate of drug-likeness (QED) is 0.367. The Hall–Kier alpha value is -4.17. The molecule has 0 radical (unpaired) electrons. The Bertz CT molecular complexity index is 1240. The van der Waals surface area contributed by atoms with E-state index in [9.17, 15) is 4.79 Å². The van der Waals surface area contributed by atoms with E-state index in [1.165, 1.54) is 0 Å². The Kier molecular flexibility index (Phi) is 6.95. The summed E-state index contributed by atoms with van der Waals surface area (Å²) < 4.78 is 0. The highest BCUT2D eigenvalue weighted by molar-refractivity contribution is 6.24. The van der Waals surface area contributed by atoms with Gasteiger partial charge in [0.1, 0.15) is 11.4 Å². The Morgan fingerprint density at radius 2 is 1.86 bits per heavy atom. The van der Waals surface area contributed by atoms with Gasteiger partial charge in [0, 0.05) is 37.1 Å². The van der Waals surface area contributed by atoms with E-state index in [2.05, 4.69) is 20.9 Å². The van der Waals surface area contributed by atoms with Crippen molar-refractivity contribution in [3.05, 3.63) is 96.0 Å². The zero-order valence-electron chi connectivity index (χ0n) is 20.4. The van der Waals surface area contributed by atoms with E-state index in [0.717, 1.165) is 41.9 Å². The topological polar surface area (TPSA) is 96.4 Å². The number of amides is 1. The van der Waals surface area contributed by atoms with Crippen molar-refractivity contribution < 1.29 is 4.79 Å². The van der Waals surface area contributed by atoms with Crippen LogP contribution >= 0.6 is 0 Å². The first kappa shape index (κ1) is 23.6. The number of aromatic nitrogens is 1. The van der Waals surface area contributed by atoms with Gasteiger partial charge >= 0.3 is 0 Å². The zero-order chi connectivity index (χ0) is 24.9. The third-order valence-electron chi connectivity index (χ3n) is 6.60. The first-order valence-electron chi connectivity index (χ1n) is 12.3. The Morgan fingerprint density at radius 3 is 2.56 bits per heavy atom. The molecule has 5 rings (SSSR count). The van der Waals surface area contributed by atoms with Crippen LogP contribution in [0.3, 0.4) is 0 Å². The number of hydrogen-bond acceptors (Lipinski definition) is 6. The fourth-order valence-corrected chi connectivity index (χ4v) is 4.59. The highest BCUT2D eigenvalue weighted by atomic mass is 16.2. The van der Waals surface area contributed by atoms with E-state index in [0.29, 0.717) is 24.5 Å². The van der Waals surface area contributed by atoms with E-state index in [1.807, 2.05) is 72.8 Å². The maximum atomic E-state index is 13.3. The molecule has 2 fully saturated rings. The van der Waals surface area contributed by atoms with Crippen LogP contribution in [0.4, 0.5) is 5.69 Å². The van der Waals surface area contributed by atoms with Gasteiger partial charge in [0.15, 0.2) is 5.84 Å². The second-order valence-electron chi connectivity index (χ2n) is 9.06. The predicted octanol–water partition coefficient (Wildman–Crippen LogP) is 3.58. The van der Waals surface area contributed by atoms with Crippen molar-refractivity contribution in [2.75, 3.05) is 25.5 Å². The van der Waals surface area contributed by atoms with Gasteiger partial charge in [-0.05, 0) is 49.2 Å². The third kappa shape index (κ3) is 5.08. The summed E-state index contributed by atoms with van der Waals surface area (Å²) in [7, 11) is 1.73. The minimum Gasteiger partial charge on any atom is -0.367 e. The number of rotatable bonds is 8. The normalized spacial score (nSPS) is 19.1. The van der Waals surface area contributed by atoms with Gasteiger partial charge < -0.3 is 16.0 Å². The van der Waals surface area contributed by atoms with E-state index < -0.39 is 0 Å². The van der Waals surface area contributed by atoms with Crippen molar-refractivity contribution in [2.45, 2.75) is 25.4 Å². The molecule has 4 N–H and O–H groups in total. The molecule has 0 spiro atoms. The molecule has 3 aromatic rings. The molecule has 2 aliphatic rings. The summed E-state index contributed by atoms with van der Waals surface area (Å²) in [6.45, 7) is 2.07. The lowest BCUT2D eigenvalue weighted by Crippen LogP contribution is -2.45. The largest absolute Gasteiger partial charge is 0.367 e. The van der Waals surface area contributed by atoms with E-state index >= 15 is 0 Å². The lowest BCUT2D eigenvalue weighted by molar-refractivity contribution is -0.132. The smallest absolute Gasteiger partial charge is 0.279 e. The number of likely N-dealkylation sites (N-methyl/N-ethyl adjacent to an activating group) is 1. The van der Waals surface area contributed by atoms with Crippen molar-refractivity contribution in [1.82, 2.24) is 25.6 Å². The van der Waals surface area contributed by atoms with Crippen LogP contribution in [0.25, 0.3) is 11.3 Å². The summed E-state index contributed by atoms with van der Waals surface area (Å²) in [5.74, 6) is 0.529. The molecule has 2 saturated heterocycles. The Labute approximate surface area is 211 Å².